The summed E-state index contributed by atoms with van der Waals surface area (Å²) in [4.78, 5) is 16.3. The van der Waals surface area contributed by atoms with Crippen LogP contribution in [0, 0.1) is 5.82 Å². The molecule has 4 nitrogen and oxygen atoms in total. The average Bonchev–Trinajstić information content (AvgIpc) is 3.05. The number of aromatic nitrogens is 1. The van der Waals surface area contributed by atoms with E-state index in [1.807, 2.05) is 0 Å². The molecule has 1 aromatic heterocycles. The third-order valence-electron chi connectivity index (χ3n) is 3.45. The third kappa shape index (κ3) is 3.23. The molecule has 1 atom stereocenters. The maximum atomic E-state index is 13.2. The molecule has 0 fully saturated rings. The maximum absolute atomic E-state index is 13.2. The van der Waals surface area contributed by atoms with Crippen LogP contribution in [0.4, 0.5) is 4.39 Å². The predicted molar refractivity (Wildman–Crippen MR) is 82.2 cm³/mol. The van der Waals surface area contributed by atoms with Gasteiger partial charge < -0.3 is 11.1 Å². The normalized spacial score (nSPS) is 16.2. The molecule has 1 aliphatic carbocycles. The molecular weight excluding hydrogens is 313 g/mol. The Morgan fingerprint density at radius 1 is 1.52 bits per heavy atom. The molecule has 1 aromatic carbocycles. The predicted octanol–water partition coefficient (Wildman–Crippen LogP) is 2.58. The lowest BCUT2D eigenvalue weighted by Gasteiger charge is -2.13. The fourth-order valence-electron chi connectivity index (χ4n) is 2.48. The lowest BCUT2D eigenvalue weighted by atomic mass is 10.1. The fourth-order valence-corrected chi connectivity index (χ4v) is 3.13. The van der Waals surface area contributed by atoms with Crippen molar-refractivity contribution >= 4 is 29.7 Å². The number of carbonyl (C=O) groups is 1. The number of nitrogens with one attached hydrogen (secondary N) is 1. The van der Waals surface area contributed by atoms with Crippen molar-refractivity contribution < 1.29 is 9.18 Å². The number of rotatable bonds is 3. The number of thiazole rings is 1. The minimum absolute atomic E-state index is 0. The van der Waals surface area contributed by atoms with Crippen LogP contribution >= 0.6 is 23.7 Å². The summed E-state index contributed by atoms with van der Waals surface area (Å²) in [6.45, 7) is 0.337. The fraction of sp³-hybridized carbons (Fsp3) is 0.286. The molecule has 0 bridgehead atoms. The molecule has 7 heteroatoms. The summed E-state index contributed by atoms with van der Waals surface area (Å²) in [7, 11) is 0. The van der Waals surface area contributed by atoms with E-state index in [9.17, 15) is 9.18 Å². The smallest absolute Gasteiger partial charge is 0.271 e. The summed E-state index contributed by atoms with van der Waals surface area (Å²) in [5.41, 5.74) is 7.84. The number of carbonyl (C=O) groups excluding carboxylic acids is 1. The van der Waals surface area contributed by atoms with Gasteiger partial charge in [0.1, 0.15) is 16.5 Å². The van der Waals surface area contributed by atoms with Crippen molar-refractivity contribution in [1.29, 1.82) is 0 Å². The van der Waals surface area contributed by atoms with Crippen molar-refractivity contribution in [2.75, 3.05) is 0 Å². The first-order valence-electron chi connectivity index (χ1n) is 6.41. The first kappa shape index (κ1) is 15.9. The van der Waals surface area contributed by atoms with Crippen molar-refractivity contribution in [3.05, 3.63) is 51.2 Å². The number of nitrogens with two attached hydrogens (primary N) is 1. The quantitative estimate of drug-likeness (QED) is 0.910. The molecule has 21 heavy (non-hydrogen) atoms. The topological polar surface area (TPSA) is 68.0 Å². The van der Waals surface area contributed by atoms with Crippen LogP contribution in [0.25, 0.3) is 0 Å². The number of hydrogen-bond donors (Lipinski definition) is 2. The number of nitrogens with zero attached hydrogens (tertiary/aromatic N) is 1. The molecule has 0 aliphatic heterocycles. The lowest BCUT2D eigenvalue weighted by Crippen LogP contribution is -2.27. The number of fused-ring (bicyclic) bond motifs is 1. The second-order valence-electron chi connectivity index (χ2n) is 4.74. The monoisotopic (exact) mass is 327 g/mol. The van der Waals surface area contributed by atoms with Gasteiger partial charge in [-0.15, -0.1) is 23.7 Å². The molecule has 2 aromatic rings. The van der Waals surface area contributed by atoms with Crippen molar-refractivity contribution in [2.45, 2.75) is 25.4 Å². The highest BCUT2D eigenvalue weighted by molar-refractivity contribution is 7.09. The van der Waals surface area contributed by atoms with Gasteiger partial charge in [-0.3, -0.25) is 4.79 Å². The van der Waals surface area contributed by atoms with E-state index in [4.69, 9.17) is 5.73 Å². The zero-order valence-electron chi connectivity index (χ0n) is 11.1. The summed E-state index contributed by atoms with van der Waals surface area (Å²) >= 11 is 1.38. The van der Waals surface area contributed by atoms with Gasteiger partial charge in [0, 0.05) is 11.9 Å². The number of halogens is 2. The van der Waals surface area contributed by atoms with Gasteiger partial charge in [0.25, 0.3) is 5.91 Å². The first-order valence-corrected chi connectivity index (χ1v) is 7.29. The van der Waals surface area contributed by atoms with Crippen LogP contribution in [0.3, 0.4) is 0 Å². The van der Waals surface area contributed by atoms with Crippen LogP contribution in [0.5, 0.6) is 0 Å². The Labute approximate surface area is 132 Å². The molecular formula is C14H15ClFN3OS. The van der Waals surface area contributed by atoms with Crippen LogP contribution in [0.15, 0.2) is 23.6 Å². The Bertz CT molecular complexity index is 661. The van der Waals surface area contributed by atoms with Crippen molar-refractivity contribution in [3.63, 3.8) is 0 Å². The van der Waals surface area contributed by atoms with Gasteiger partial charge in [0.05, 0.1) is 6.04 Å². The van der Waals surface area contributed by atoms with Crippen LogP contribution in [-0.4, -0.2) is 10.9 Å². The molecule has 0 saturated carbocycles. The summed E-state index contributed by atoms with van der Waals surface area (Å²) in [6.07, 6.45) is 1.57. The molecule has 3 N–H and O–H groups in total. The molecule has 112 valence electrons. The second kappa shape index (κ2) is 6.51. The van der Waals surface area contributed by atoms with Crippen molar-refractivity contribution in [2.24, 2.45) is 5.73 Å². The summed E-state index contributed by atoms with van der Waals surface area (Å²) in [5, 5.41) is 5.40. The Kier molecular flexibility index (Phi) is 4.92. The Hall–Kier alpha value is -1.50. The molecule has 1 unspecified atom stereocenters. The second-order valence-corrected chi connectivity index (χ2v) is 5.68. The highest BCUT2D eigenvalue weighted by atomic mass is 35.5. The minimum Gasteiger partial charge on any atom is -0.344 e. The van der Waals surface area contributed by atoms with Gasteiger partial charge in [-0.2, -0.15) is 0 Å². The van der Waals surface area contributed by atoms with Crippen LogP contribution in [0.1, 0.15) is 39.1 Å². The molecule has 0 spiro atoms. The van der Waals surface area contributed by atoms with E-state index in [2.05, 4.69) is 10.3 Å². The molecule has 0 radical (unpaired) electrons. The number of benzene rings is 1. The van der Waals surface area contributed by atoms with E-state index in [0.29, 0.717) is 12.2 Å². The number of hydrogen-bond acceptors (Lipinski definition) is 4. The highest BCUT2D eigenvalue weighted by Crippen LogP contribution is 2.31. The summed E-state index contributed by atoms with van der Waals surface area (Å²) < 4.78 is 13.2. The summed E-state index contributed by atoms with van der Waals surface area (Å²) in [5.74, 6) is -0.439. The average molecular weight is 328 g/mol. The van der Waals surface area contributed by atoms with E-state index in [1.54, 1.807) is 11.4 Å². The van der Waals surface area contributed by atoms with E-state index in [-0.39, 0.29) is 30.2 Å². The SMILES string of the molecule is Cl.NCc1nc(C(=O)NC2CCc3cc(F)ccc32)cs1. The van der Waals surface area contributed by atoms with Gasteiger partial charge in [-0.1, -0.05) is 6.07 Å². The largest absolute Gasteiger partial charge is 0.344 e. The van der Waals surface area contributed by atoms with Crippen molar-refractivity contribution in [3.8, 4) is 0 Å². The Balaban J connectivity index is 0.00000161. The number of amides is 1. The molecule has 1 heterocycles. The van der Waals surface area contributed by atoms with Crippen LogP contribution in [0.2, 0.25) is 0 Å². The first-order chi connectivity index (χ1) is 9.67. The summed E-state index contributed by atoms with van der Waals surface area (Å²) in [6, 6.07) is 4.64. The van der Waals surface area contributed by atoms with Gasteiger partial charge in [0.2, 0.25) is 0 Å². The van der Waals surface area contributed by atoms with Crippen LogP contribution < -0.4 is 11.1 Å². The van der Waals surface area contributed by atoms with Crippen molar-refractivity contribution in [1.82, 2.24) is 10.3 Å². The molecule has 3 rings (SSSR count). The standard InChI is InChI=1S/C14H14FN3OS.ClH/c15-9-2-3-10-8(5-9)1-4-11(10)18-14(19)12-7-20-13(6-16)17-12;/h2-3,5,7,11H,1,4,6,16H2,(H,18,19);1H. The van der Waals surface area contributed by atoms with Gasteiger partial charge in [0.15, 0.2) is 0 Å². The lowest BCUT2D eigenvalue weighted by molar-refractivity contribution is 0.0932. The molecule has 0 saturated heterocycles. The van der Waals surface area contributed by atoms with E-state index >= 15 is 0 Å². The third-order valence-corrected chi connectivity index (χ3v) is 4.32. The zero-order chi connectivity index (χ0) is 14.1. The van der Waals surface area contributed by atoms with Gasteiger partial charge in [-0.05, 0) is 36.1 Å². The molecule has 1 amide bonds. The molecule has 1 aliphatic rings. The van der Waals surface area contributed by atoms with Gasteiger partial charge in [-0.25, -0.2) is 9.37 Å². The van der Waals surface area contributed by atoms with E-state index in [0.717, 1.165) is 29.0 Å². The van der Waals surface area contributed by atoms with E-state index < -0.39 is 0 Å². The maximum Gasteiger partial charge on any atom is 0.271 e. The minimum atomic E-state index is -0.234. The zero-order valence-corrected chi connectivity index (χ0v) is 12.8. The van der Waals surface area contributed by atoms with Crippen LogP contribution in [-0.2, 0) is 13.0 Å². The van der Waals surface area contributed by atoms with E-state index in [1.165, 1.54) is 23.5 Å². The highest BCUT2D eigenvalue weighted by Gasteiger charge is 2.25. The Morgan fingerprint density at radius 2 is 2.33 bits per heavy atom. The van der Waals surface area contributed by atoms with Gasteiger partial charge >= 0.3 is 0 Å². The number of aryl methyl sites for hydroxylation is 1. The Morgan fingerprint density at radius 3 is 3.05 bits per heavy atom.